The molecule has 0 spiro atoms. The molecule has 0 aromatic carbocycles. The van der Waals surface area contributed by atoms with Crippen molar-refractivity contribution in [2.75, 3.05) is 39.4 Å². The van der Waals surface area contributed by atoms with Crippen LogP contribution in [0.3, 0.4) is 0 Å². The summed E-state index contributed by atoms with van der Waals surface area (Å²) < 4.78 is 11.1. The van der Waals surface area contributed by atoms with Crippen LogP contribution >= 0.6 is 0 Å². The molecule has 0 aliphatic carbocycles. The molecule has 2 aliphatic rings. The predicted octanol–water partition coefficient (Wildman–Crippen LogP) is 0.772. The van der Waals surface area contributed by atoms with Crippen molar-refractivity contribution in [1.29, 1.82) is 0 Å². The van der Waals surface area contributed by atoms with Gasteiger partial charge in [0, 0.05) is 31.9 Å². The van der Waals surface area contributed by atoms with Gasteiger partial charge in [0.1, 0.15) is 6.10 Å². The molecule has 2 saturated heterocycles. The Morgan fingerprint density at radius 1 is 1.29 bits per heavy atom. The van der Waals surface area contributed by atoms with Crippen molar-refractivity contribution in [3.05, 3.63) is 18.3 Å². The Balaban J connectivity index is 1.56. The van der Waals surface area contributed by atoms with Crippen molar-refractivity contribution in [1.82, 2.24) is 20.0 Å². The molecule has 0 N–H and O–H groups in total. The Morgan fingerprint density at radius 2 is 2.14 bits per heavy atom. The number of morpholine rings is 1. The minimum absolute atomic E-state index is 0.0135. The fraction of sp³-hybridized carbons (Fsp3) is 0.643. The second-order valence-corrected chi connectivity index (χ2v) is 5.27. The third kappa shape index (κ3) is 3.60. The fourth-order valence-corrected chi connectivity index (χ4v) is 2.68. The van der Waals surface area contributed by atoms with Crippen molar-refractivity contribution in [2.45, 2.75) is 18.9 Å². The van der Waals surface area contributed by atoms with E-state index in [4.69, 9.17) is 9.47 Å². The quantitative estimate of drug-likeness (QED) is 0.805. The van der Waals surface area contributed by atoms with Crippen molar-refractivity contribution in [2.24, 2.45) is 0 Å². The van der Waals surface area contributed by atoms with Crippen molar-refractivity contribution >= 4 is 6.03 Å². The number of amides is 2. The maximum absolute atomic E-state index is 12.5. The number of aromatic nitrogens is 2. The molecule has 7 heteroatoms. The average Bonchev–Trinajstić information content (AvgIpc) is 2.56. The van der Waals surface area contributed by atoms with Gasteiger partial charge in [0.15, 0.2) is 0 Å². The number of carbonyl (C=O) groups excluding carboxylic acids is 1. The van der Waals surface area contributed by atoms with E-state index in [1.165, 1.54) is 0 Å². The van der Waals surface area contributed by atoms with Crippen LogP contribution in [0.25, 0.3) is 0 Å². The Bertz CT molecular complexity index is 465. The first kappa shape index (κ1) is 14.1. The lowest BCUT2D eigenvalue weighted by molar-refractivity contribution is 0.0325. The summed E-state index contributed by atoms with van der Waals surface area (Å²) in [5, 5.41) is 7.73. The highest BCUT2D eigenvalue weighted by atomic mass is 16.5. The SMILES string of the molecule is O=C(N1CCOCC1)N1CCCC(Oc2cccnn2)C1. The smallest absolute Gasteiger partial charge is 0.320 e. The van der Waals surface area contributed by atoms with E-state index in [0.717, 1.165) is 19.4 Å². The molecule has 3 rings (SSSR count). The average molecular weight is 292 g/mol. The summed E-state index contributed by atoms with van der Waals surface area (Å²) in [5.41, 5.74) is 0. The summed E-state index contributed by atoms with van der Waals surface area (Å²) in [7, 11) is 0. The van der Waals surface area contributed by atoms with Gasteiger partial charge in [-0.1, -0.05) is 0 Å². The monoisotopic (exact) mass is 292 g/mol. The summed E-state index contributed by atoms with van der Waals surface area (Å²) in [6, 6.07) is 3.67. The number of piperidine rings is 1. The van der Waals surface area contributed by atoms with E-state index >= 15 is 0 Å². The van der Waals surface area contributed by atoms with Crippen LogP contribution < -0.4 is 4.74 Å². The molecular weight excluding hydrogens is 272 g/mol. The van der Waals surface area contributed by atoms with Gasteiger partial charge in [0.2, 0.25) is 5.88 Å². The van der Waals surface area contributed by atoms with Crippen LogP contribution in [-0.2, 0) is 4.74 Å². The molecule has 21 heavy (non-hydrogen) atoms. The van der Waals surface area contributed by atoms with Gasteiger partial charge in [-0.25, -0.2) is 4.79 Å². The normalized spacial score (nSPS) is 23.0. The van der Waals surface area contributed by atoms with E-state index in [9.17, 15) is 4.79 Å². The zero-order chi connectivity index (χ0) is 14.5. The Morgan fingerprint density at radius 3 is 2.90 bits per heavy atom. The van der Waals surface area contributed by atoms with Crippen molar-refractivity contribution in [3.8, 4) is 5.88 Å². The maximum atomic E-state index is 12.5. The first-order valence-electron chi connectivity index (χ1n) is 7.39. The molecule has 2 amide bonds. The molecule has 0 bridgehead atoms. The molecule has 2 aliphatic heterocycles. The Kier molecular flexibility index (Phi) is 4.49. The van der Waals surface area contributed by atoms with E-state index in [1.807, 2.05) is 9.80 Å². The van der Waals surface area contributed by atoms with Crippen LogP contribution in [0.1, 0.15) is 12.8 Å². The molecule has 1 aromatic rings. The molecule has 114 valence electrons. The highest BCUT2D eigenvalue weighted by Gasteiger charge is 2.29. The van der Waals surface area contributed by atoms with Gasteiger partial charge in [-0.3, -0.25) is 0 Å². The van der Waals surface area contributed by atoms with Crippen LogP contribution in [0.2, 0.25) is 0 Å². The van der Waals surface area contributed by atoms with Gasteiger partial charge in [-0.05, 0) is 18.9 Å². The topological polar surface area (TPSA) is 67.8 Å². The number of urea groups is 1. The van der Waals surface area contributed by atoms with E-state index in [0.29, 0.717) is 38.7 Å². The molecule has 2 fully saturated rings. The highest BCUT2D eigenvalue weighted by Crippen LogP contribution is 2.17. The van der Waals surface area contributed by atoms with Crippen molar-refractivity contribution < 1.29 is 14.3 Å². The minimum Gasteiger partial charge on any atom is -0.471 e. The molecule has 0 saturated carbocycles. The first-order valence-corrected chi connectivity index (χ1v) is 7.39. The molecule has 1 aromatic heterocycles. The predicted molar refractivity (Wildman–Crippen MR) is 75.0 cm³/mol. The number of hydrogen-bond acceptors (Lipinski definition) is 5. The third-order valence-corrected chi connectivity index (χ3v) is 3.77. The van der Waals surface area contributed by atoms with Crippen LogP contribution in [0, 0.1) is 0 Å². The molecule has 3 heterocycles. The zero-order valence-electron chi connectivity index (χ0n) is 12.0. The van der Waals surface area contributed by atoms with Crippen LogP contribution in [0.15, 0.2) is 18.3 Å². The number of likely N-dealkylation sites (tertiary alicyclic amines) is 1. The molecule has 1 atom stereocenters. The lowest BCUT2D eigenvalue weighted by Gasteiger charge is -2.37. The Hall–Kier alpha value is -1.89. The van der Waals surface area contributed by atoms with Gasteiger partial charge in [-0.15, -0.1) is 5.10 Å². The van der Waals surface area contributed by atoms with Crippen LogP contribution in [0.5, 0.6) is 5.88 Å². The van der Waals surface area contributed by atoms with Crippen molar-refractivity contribution in [3.63, 3.8) is 0 Å². The summed E-state index contributed by atoms with van der Waals surface area (Å²) in [4.78, 5) is 16.2. The summed E-state index contributed by atoms with van der Waals surface area (Å²) in [5.74, 6) is 0.517. The number of carbonyl (C=O) groups is 1. The lowest BCUT2D eigenvalue weighted by Crippen LogP contribution is -2.52. The number of ether oxygens (including phenoxy) is 2. The largest absolute Gasteiger partial charge is 0.471 e. The van der Waals surface area contributed by atoms with E-state index in [1.54, 1.807) is 18.3 Å². The maximum Gasteiger partial charge on any atom is 0.320 e. The van der Waals surface area contributed by atoms with Gasteiger partial charge in [0.05, 0.1) is 19.8 Å². The molecule has 7 nitrogen and oxygen atoms in total. The summed E-state index contributed by atoms with van der Waals surface area (Å²) in [6.07, 6.45) is 3.48. The van der Waals surface area contributed by atoms with E-state index < -0.39 is 0 Å². The van der Waals surface area contributed by atoms with E-state index in [2.05, 4.69) is 10.2 Å². The summed E-state index contributed by atoms with van der Waals surface area (Å²) in [6.45, 7) is 3.98. The van der Waals surface area contributed by atoms with Gasteiger partial charge < -0.3 is 19.3 Å². The zero-order valence-corrected chi connectivity index (χ0v) is 12.0. The highest BCUT2D eigenvalue weighted by molar-refractivity contribution is 5.74. The summed E-state index contributed by atoms with van der Waals surface area (Å²) >= 11 is 0. The van der Waals surface area contributed by atoms with Gasteiger partial charge in [-0.2, -0.15) is 5.10 Å². The second kappa shape index (κ2) is 6.71. The minimum atomic E-state index is -0.0135. The van der Waals surface area contributed by atoms with Crippen LogP contribution in [-0.4, -0.2) is 71.5 Å². The first-order chi connectivity index (χ1) is 10.3. The van der Waals surface area contributed by atoms with E-state index in [-0.39, 0.29) is 12.1 Å². The molecule has 1 unspecified atom stereocenters. The lowest BCUT2D eigenvalue weighted by atomic mass is 10.1. The number of nitrogens with zero attached hydrogens (tertiary/aromatic N) is 4. The third-order valence-electron chi connectivity index (χ3n) is 3.77. The van der Waals surface area contributed by atoms with Gasteiger partial charge in [0.25, 0.3) is 0 Å². The standard InChI is InChI=1S/C14H20N4O3/c19-14(17-7-9-20-10-8-17)18-6-2-3-12(11-18)21-13-4-1-5-15-16-13/h1,4-5,12H,2-3,6-11H2. The number of rotatable bonds is 2. The van der Waals surface area contributed by atoms with Crippen LogP contribution in [0.4, 0.5) is 4.79 Å². The molecular formula is C14H20N4O3. The van der Waals surface area contributed by atoms with Gasteiger partial charge >= 0.3 is 6.03 Å². The Labute approximate surface area is 123 Å². The molecule has 0 radical (unpaired) electrons. The fourth-order valence-electron chi connectivity index (χ4n) is 2.68. The second-order valence-electron chi connectivity index (χ2n) is 5.27. The number of hydrogen-bond donors (Lipinski definition) is 0.